The number of halogens is 4. The van der Waals surface area contributed by atoms with Crippen LogP contribution in [0, 0.1) is 11.7 Å². The van der Waals surface area contributed by atoms with Crippen LogP contribution >= 0.6 is 0 Å². The Morgan fingerprint density at radius 1 is 1.11 bits per heavy atom. The van der Waals surface area contributed by atoms with Crippen molar-refractivity contribution in [1.29, 1.82) is 0 Å². The molecule has 3 aliphatic rings. The fraction of sp³-hybridized carbons (Fsp3) is 0.440. The Morgan fingerprint density at radius 2 is 1.86 bits per heavy atom. The average Bonchev–Trinajstić information content (AvgIpc) is 3.49. The lowest BCUT2D eigenvalue weighted by Gasteiger charge is -2.33. The molecule has 1 aromatic carbocycles. The topological polar surface area (TPSA) is 67.5 Å². The van der Waals surface area contributed by atoms with Crippen molar-refractivity contribution in [3.63, 3.8) is 0 Å². The Bertz CT molecular complexity index is 1280. The number of rotatable bonds is 3. The maximum absolute atomic E-state index is 15.2. The van der Waals surface area contributed by atoms with Gasteiger partial charge in [-0.15, -0.1) is 13.2 Å². The number of nitrogens with one attached hydrogen (secondary N) is 1. The van der Waals surface area contributed by atoms with Crippen molar-refractivity contribution in [3.05, 3.63) is 58.7 Å². The number of pyridine rings is 1. The number of hydrogen-bond donors (Lipinski definition) is 1. The molecular formula is C25H23F4N3O3. The zero-order valence-electron chi connectivity index (χ0n) is 18.7. The normalized spacial score (nSPS) is 22.5. The Labute approximate surface area is 198 Å². The zero-order valence-corrected chi connectivity index (χ0v) is 18.7. The molecule has 2 aliphatic heterocycles. The summed E-state index contributed by atoms with van der Waals surface area (Å²) in [4.78, 5) is 22.3. The number of amides is 1. The Kier molecular flexibility index (Phi) is 5.24. The number of benzene rings is 1. The van der Waals surface area contributed by atoms with E-state index in [1.807, 2.05) is 0 Å². The van der Waals surface area contributed by atoms with Crippen LogP contribution in [0.15, 0.2) is 30.5 Å². The van der Waals surface area contributed by atoms with Gasteiger partial charge in [-0.05, 0) is 60.9 Å². The first-order valence-corrected chi connectivity index (χ1v) is 11.7. The number of nitrogens with zero attached hydrogens (tertiary/aromatic N) is 2. The van der Waals surface area contributed by atoms with E-state index >= 15 is 4.39 Å². The summed E-state index contributed by atoms with van der Waals surface area (Å²) in [6.45, 7) is 2.21. The van der Waals surface area contributed by atoms with Gasteiger partial charge in [0, 0.05) is 41.2 Å². The quantitative estimate of drug-likeness (QED) is 0.531. The molecule has 6 rings (SSSR count). The molecule has 2 fully saturated rings. The fourth-order valence-corrected chi connectivity index (χ4v) is 5.93. The number of likely N-dealkylation sites (tertiary alicyclic amines) is 1. The van der Waals surface area contributed by atoms with Crippen LogP contribution < -0.4 is 4.74 Å². The summed E-state index contributed by atoms with van der Waals surface area (Å²) in [6, 6.07) is 4.90. The summed E-state index contributed by atoms with van der Waals surface area (Å²) < 4.78 is 61.9. The monoisotopic (exact) mass is 489 g/mol. The molecular weight excluding hydrogens is 466 g/mol. The molecule has 0 radical (unpaired) electrons. The lowest BCUT2D eigenvalue weighted by molar-refractivity contribution is -0.274. The second kappa shape index (κ2) is 8.22. The van der Waals surface area contributed by atoms with Gasteiger partial charge in [0.05, 0.1) is 19.4 Å². The predicted molar refractivity (Wildman–Crippen MR) is 118 cm³/mol. The maximum Gasteiger partial charge on any atom is 0.573 e. The van der Waals surface area contributed by atoms with Crippen molar-refractivity contribution in [3.8, 4) is 5.75 Å². The van der Waals surface area contributed by atoms with Gasteiger partial charge in [-0.2, -0.15) is 0 Å². The highest BCUT2D eigenvalue weighted by Gasteiger charge is 2.41. The minimum atomic E-state index is -4.79. The van der Waals surface area contributed by atoms with E-state index in [4.69, 9.17) is 4.74 Å². The Balaban J connectivity index is 1.20. The number of carbonyl (C=O) groups excluding carboxylic acids is 1. The molecule has 2 aromatic heterocycles. The third kappa shape index (κ3) is 3.93. The first kappa shape index (κ1) is 22.3. The highest BCUT2D eigenvalue weighted by Crippen LogP contribution is 2.48. The van der Waals surface area contributed by atoms with Gasteiger partial charge in [0.25, 0.3) is 5.91 Å². The SMILES string of the molecule is O=C(c1ccc(OC(F)(F)F)cc1)N1CCC(c2c(F)cnc3[nH]c4c(c23)[C@H]2COC[C@H]2C4)CC1. The van der Waals surface area contributed by atoms with E-state index in [1.165, 1.54) is 18.3 Å². The summed E-state index contributed by atoms with van der Waals surface area (Å²) >= 11 is 0. The van der Waals surface area contributed by atoms with Gasteiger partial charge in [-0.25, -0.2) is 9.37 Å². The minimum Gasteiger partial charge on any atom is -0.406 e. The smallest absolute Gasteiger partial charge is 0.406 e. The minimum absolute atomic E-state index is 0.0617. The van der Waals surface area contributed by atoms with Crippen LogP contribution in [0.3, 0.4) is 0 Å². The number of carbonyl (C=O) groups is 1. The van der Waals surface area contributed by atoms with Gasteiger partial charge in [-0.3, -0.25) is 4.79 Å². The van der Waals surface area contributed by atoms with E-state index in [9.17, 15) is 18.0 Å². The maximum atomic E-state index is 15.2. The van der Waals surface area contributed by atoms with E-state index in [1.54, 1.807) is 4.90 Å². The van der Waals surface area contributed by atoms with E-state index < -0.39 is 6.36 Å². The summed E-state index contributed by atoms with van der Waals surface area (Å²) in [5.74, 6) is -0.356. The van der Waals surface area contributed by atoms with E-state index in [2.05, 4.69) is 14.7 Å². The number of ether oxygens (including phenoxy) is 2. The first-order valence-electron chi connectivity index (χ1n) is 11.7. The Morgan fingerprint density at radius 3 is 2.57 bits per heavy atom. The summed E-state index contributed by atoms with van der Waals surface area (Å²) in [7, 11) is 0. The van der Waals surface area contributed by atoms with Crippen LogP contribution in [0.1, 0.15) is 51.9 Å². The van der Waals surface area contributed by atoms with E-state index in [-0.39, 0.29) is 34.9 Å². The van der Waals surface area contributed by atoms with Gasteiger partial charge in [-0.1, -0.05) is 0 Å². The third-order valence-corrected chi connectivity index (χ3v) is 7.49. The number of H-pyrrole nitrogens is 1. The summed E-state index contributed by atoms with van der Waals surface area (Å²) in [5, 5.41) is 0.878. The number of fused-ring (bicyclic) bond motifs is 5. The van der Waals surface area contributed by atoms with Gasteiger partial charge in [0.2, 0.25) is 0 Å². The standard InChI is InChI=1S/C25H23F4N3O3/c26-18-10-30-23-22(21-17-12-34-11-15(17)9-19(21)31-23)20(18)13-5-7-32(8-6-13)24(33)14-1-3-16(4-2-14)35-25(27,28)29/h1-4,10,13,15,17H,5-9,11-12H2,(H,30,31)/t15-,17+/m1/s1. The molecule has 184 valence electrons. The van der Waals surface area contributed by atoms with Crippen molar-refractivity contribution < 1.29 is 31.8 Å². The van der Waals surface area contributed by atoms with Crippen molar-refractivity contribution in [1.82, 2.24) is 14.9 Å². The van der Waals surface area contributed by atoms with Crippen molar-refractivity contribution >= 4 is 16.9 Å². The van der Waals surface area contributed by atoms with Gasteiger partial charge in [0.15, 0.2) is 0 Å². The van der Waals surface area contributed by atoms with Gasteiger partial charge in [0.1, 0.15) is 17.2 Å². The van der Waals surface area contributed by atoms with Crippen LogP contribution in [0.4, 0.5) is 17.6 Å². The molecule has 35 heavy (non-hydrogen) atoms. The van der Waals surface area contributed by atoms with Gasteiger partial charge < -0.3 is 19.4 Å². The molecule has 0 bridgehead atoms. The number of aromatic amines is 1. The highest BCUT2D eigenvalue weighted by atomic mass is 19.4. The average molecular weight is 489 g/mol. The van der Waals surface area contributed by atoms with E-state index in [0.29, 0.717) is 49.7 Å². The molecule has 2 saturated heterocycles. The molecule has 1 N–H and O–H groups in total. The third-order valence-electron chi connectivity index (χ3n) is 7.49. The fourth-order valence-electron chi connectivity index (χ4n) is 5.93. The van der Waals surface area contributed by atoms with Crippen LogP contribution in [0.2, 0.25) is 0 Å². The molecule has 4 heterocycles. The first-order chi connectivity index (χ1) is 16.8. The van der Waals surface area contributed by atoms with Crippen molar-refractivity contribution in [2.45, 2.75) is 37.5 Å². The second-order valence-corrected chi connectivity index (χ2v) is 9.51. The van der Waals surface area contributed by atoms with Crippen LogP contribution in [-0.4, -0.2) is 53.4 Å². The lowest BCUT2D eigenvalue weighted by Crippen LogP contribution is -2.38. The lowest BCUT2D eigenvalue weighted by atomic mass is 9.85. The number of piperidine rings is 1. The molecule has 2 atom stereocenters. The number of aromatic nitrogens is 2. The van der Waals surface area contributed by atoms with Crippen molar-refractivity contribution in [2.75, 3.05) is 26.3 Å². The largest absolute Gasteiger partial charge is 0.573 e. The van der Waals surface area contributed by atoms with E-state index in [0.717, 1.165) is 41.8 Å². The van der Waals surface area contributed by atoms with Crippen molar-refractivity contribution in [2.24, 2.45) is 5.92 Å². The molecule has 10 heteroatoms. The number of alkyl halides is 3. The summed E-state index contributed by atoms with van der Waals surface area (Å²) in [6.07, 6.45) is -1.46. The van der Waals surface area contributed by atoms with Crippen LogP contribution in [-0.2, 0) is 11.2 Å². The molecule has 0 unspecified atom stereocenters. The zero-order chi connectivity index (χ0) is 24.3. The molecule has 1 amide bonds. The molecule has 1 aliphatic carbocycles. The van der Waals surface area contributed by atoms with Crippen LogP contribution in [0.5, 0.6) is 5.75 Å². The predicted octanol–water partition coefficient (Wildman–Crippen LogP) is 4.91. The number of hydrogen-bond acceptors (Lipinski definition) is 4. The summed E-state index contributed by atoms with van der Waals surface area (Å²) in [5.41, 5.74) is 3.93. The molecule has 6 nitrogen and oxygen atoms in total. The van der Waals surface area contributed by atoms with Crippen LogP contribution in [0.25, 0.3) is 11.0 Å². The molecule has 0 spiro atoms. The van der Waals surface area contributed by atoms with Gasteiger partial charge >= 0.3 is 6.36 Å². The Hall–Kier alpha value is -3.14. The molecule has 0 saturated carbocycles. The molecule has 3 aromatic rings. The second-order valence-electron chi connectivity index (χ2n) is 9.51. The highest BCUT2D eigenvalue weighted by molar-refractivity contribution is 5.94.